The van der Waals surface area contributed by atoms with Crippen LogP contribution < -0.4 is 16.0 Å². The van der Waals surface area contributed by atoms with E-state index in [0.717, 1.165) is 44.0 Å². The van der Waals surface area contributed by atoms with Crippen LogP contribution in [0.1, 0.15) is 22.3 Å². The van der Waals surface area contributed by atoms with Gasteiger partial charge < -0.3 is 20.9 Å². The summed E-state index contributed by atoms with van der Waals surface area (Å²) in [6.07, 6.45) is 1.91. The lowest BCUT2D eigenvalue weighted by Gasteiger charge is -2.13. The Morgan fingerprint density at radius 2 is 1.96 bits per heavy atom. The first-order chi connectivity index (χ1) is 11.1. The summed E-state index contributed by atoms with van der Waals surface area (Å²) >= 11 is 0. The average molecular weight is 319 g/mol. The number of nitrogens with one attached hydrogen (secondary N) is 3. The van der Waals surface area contributed by atoms with Gasteiger partial charge >= 0.3 is 0 Å². The van der Waals surface area contributed by atoms with Gasteiger partial charge in [-0.3, -0.25) is 9.79 Å². The van der Waals surface area contributed by atoms with Gasteiger partial charge in [0, 0.05) is 32.7 Å². The Morgan fingerprint density at radius 3 is 2.61 bits per heavy atom. The number of rotatable bonds is 8. The standard InChI is InChI=1S/C17H29N5O/c1-18-16(23)15-8-5-7-14(13-15)9-11-21-17(19-2)20-10-6-12-22(3)4/h5,7-8,13H,6,9-12H2,1-4H3,(H,18,23)(H2,19,20,21). The van der Waals surface area contributed by atoms with Crippen LogP contribution in [0, 0.1) is 0 Å². The number of carbonyl (C=O) groups is 1. The number of benzene rings is 1. The van der Waals surface area contributed by atoms with E-state index in [-0.39, 0.29) is 5.91 Å². The molecule has 0 aliphatic rings. The first-order valence-corrected chi connectivity index (χ1v) is 7.97. The van der Waals surface area contributed by atoms with Crippen LogP contribution in [0.3, 0.4) is 0 Å². The Morgan fingerprint density at radius 1 is 1.22 bits per heavy atom. The molecule has 0 bridgehead atoms. The Hall–Kier alpha value is -2.08. The van der Waals surface area contributed by atoms with E-state index in [1.165, 1.54) is 0 Å². The van der Waals surface area contributed by atoms with Crippen LogP contribution in [0.25, 0.3) is 0 Å². The molecule has 6 heteroatoms. The normalized spacial score (nSPS) is 11.4. The van der Waals surface area contributed by atoms with Gasteiger partial charge in [-0.15, -0.1) is 0 Å². The molecular weight excluding hydrogens is 290 g/mol. The summed E-state index contributed by atoms with van der Waals surface area (Å²) in [6, 6.07) is 7.68. The monoisotopic (exact) mass is 319 g/mol. The summed E-state index contributed by atoms with van der Waals surface area (Å²) in [6.45, 7) is 2.71. The molecule has 0 aromatic heterocycles. The maximum Gasteiger partial charge on any atom is 0.251 e. The van der Waals surface area contributed by atoms with Crippen molar-refractivity contribution in [2.75, 3.05) is 47.8 Å². The molecule has 0 atom stereocenters. The van der Waals surface area contributed by atoms with Crippen LogP contribution >= 0.6 is 0 Å². The van der Waals surface area contributed by atoms with Crippen LogP contribution in [0.5, 0.6) is 0 Å². The first kappa shape index (κ1) is 19.0. The Balaban J connectivity index is 2.35. The molecule has 0 aliphatic carbocycles. The number of amides is 1. The fourth-order valence-corrected chi connectivity index (χ4v) is 2.16. The van der Waals surface area contributed by atoms with Gasteiger partial charge in [0.05, 0.1) is 0 Å². The highest BCUT2D eigenvalue weighted by Gasteiger charge is 2.04. The van der Waals surface area contributed by atoms with Gasteiger partial charge in [-0.1, -0.05) is 12.1 Å². The predicted octanol–water partition coefficient (Wildman–Crippen LogP) is 0.705. The van der Waals surface area contributed by atoms with E-state index >= 15 is 0 Å². The Labute approximate surface area is 139 Å². The molecule has 0 spiro atoms. The Bertz CT molecular complexity index is 513. The summed E-state index contributed by atoms with van der Waals surface area (Å²) < 4.78 is 0. The number of aliphatic imine (C=N–C) groups is 1. The minimum Gasteiger partial charge on any atom is -0.356 e. The molecule has 0 aliphatic heterocycles. The van der Waals surface area contributed by atoms with E-state index in [0.29, 0.717) is 5.56 Å². The maximum absolute atomic E-state index is 11.6. The topological polar surface area (TPSA) is 68.8 Å². The Kier molecular flexibility index (Phi) is 8.75. The van der Waals surface area contributed by atoms with Crippen molar-refractivity contribution in [3.05, 3.63) is 35.4 Å². The van der Waals surface area contributed by atoms with E-state index in [4.69, 9.17) is 0 Å². The van der Waals surface area contributed by atoms with Gasteiger partial charge in [-0.05, 0) is 51.2 Å². The van der Waals surface area contributed by atoms with Crippen LogP contribution in [0.15, 0.2) is 29.3 Å². The number of nitrogens with zero attached hydrogens (tertiary/aromatic N) is 2. The quantitative estimate of drug-likeness (QED) is 0.375. The molecule has 23 heavy (non-hydrogen) atoms. The lowest BCUT2D eigenvalue weighted by atomic mass is 10.1. The molecule has 1 amide bonds. The third kappa shape index (κ3) is 7.65. The van der Waals surface area contributed by atoms with Crippen LogP contribution in [-0.2, 0) is 6.42 Å². The van der Waals surface area contributed by atoms with Crippen LogP contribution in [0.2, 0.25) is 0 Å². The second kappa shape index (κ2) is 10.6. The van der Waals surface area contributed by atoms with Crippen LogP contribution in [-0.4, -0.2) is 64.6 Å². The second-order valence-corrected chi connectivity index (χ2v) is 5.61. The highest BCUT2D eigenvalue weighted by atomic mass is 16.1. The lowest BCUT2D eigenvalue weighted by Crippen LogP contribution is -2.39. The highest BCUT2D eigenvalue weighted by Crippen LogP contribution is 2.05. The molecule has 0 heterocycles. The van der Waals surface area contributed by atoms with Crippen molar-refractivity contribution in [1.29, 1.82) is 0 Å². The number of hydrogen-bond donors (Lipinski definition) is 3. The molecular formula is C17H29N5O. The third-order valence-electron chi connectivity index (χ3n) is 3.42. The van der Waals surface area contributed by atoms with Gasteiger partial charge in [0.1, 0.15) is 0 Å². The molecule has 6 nitrogen and oxygen atoms in total. The summed E-state index contributed by atoms with van der Waals surface area (Å²) in [5, 5.41) is 9.23. The average Bonchev–Trinajstić information content (AvgIpc) is 2.56. The molecule has 0 radical (unpaired) electrons. The van der Waals surface area contributed by atoms with Crippen molar-refractivity contribution >= 4 is 11.9 Å². The zero-order valence-electron chi connectivity index (χ0n) is 14.6. The molecule has 3 N–H and O–H groups in total. The molecule has 1 aromatic carbocycles. The fraction of sp³-hybridized carbons (Fsp3) is 0.529. The minimum atomic E-state index is -0.0572. The number of guanidine groups is 1. The van der Waals surface area contributed by atoms with E-state index in [1.54, 1.807) is 14.1 Å². The van der Waals surface area contributed by atoms with Crippen molar-refractivity contribution in [1.82, 2.24) is 20.9 Å². The lowest BCUT2D eigenvalue weighted by molar-refractivity contribution is 0.0963. The molecule has 1 aromatic rings. The van der Waals surface area contributed by atoms with Crippen molar-refractivity contribution in [2.45, 2.75) is 12.8 Å². The van der Waals surface area contributed by atoms with Gasteiger partial charge in [0.15, 0.2) is 5.96 Å². The van der Waals surface area contributed by atoms with Crippen molar-refractivity contribution in [2.24, 2.45) is 4.99 Å². The number of hydrogen-bond acceptors (Lipinski definition) is 3. The predicted molar refractivity (Wildman–Crippen MR) is 96.1 cm³/mol. The van der Waals surface area contributed by atoms with Crippen LogP contribution in [0.4, 0.5) is 0 Å². The van der Waals surface area contributed by atoms with Gasteiger partial charge in [-0.25, -0.2) is 0 Å². The summed E-state index contributed by atoms with van der Waals surface area (Å²) in [4.78, 5) is 18.0. The zero-order valence-corrected chi connectivity index (χ0v) is 14.6. The molecule has 0 unspecified atom stereocenters. The molecule has 1 rings (SSSR count). The fourth-order valence-electron chi connectivity index (χ4n) is 2.16. The smallest absolute Gasteiger partial charge is 0.251 e. The SMILES string of the molecule is CN=C(NCCCN(C)C)NCCc1cccc(C(=O)NC)c1. The summed E-state index contributed by atoms with van der Waals surface area (Å²) in [5.41, 5.74) is 1.82. The summed E-state index contributed by atoms with van der Waals surface area (Å²) in [5.74, 6) is 0.754. The van der Waals surface area contributed by atoms with Gasteiger partial charge in [0.2, 0.25) is 0 Å². The first-order valence-electron chi connectivity index (χ1n) is 7.97. The van der Waals surface area contributed by atoms with Crippen molar-refractivity contribution < 1.29 is 4.79 Å². The second-order valence-electron chi connectivity index (χ2n) is 5.61. The van der Waals surface area contributed by atoms with E-state index in [9.17, 15) is 4.79 Å². The minimum absolute atomic E-state index is 0.0572. The van der Waals surface area contributed by atoms with E-state index in [2.05, 4.69) is 39.9 Å². The zero-order chi connectivity index (χ0) is 17.1. The van der Waals surface area contributed by atoms with Crippen molar-refractivity contribution in [3.8, 4) is 0 Å². The number of carbonyl (C=O) groups excluding carboxylic acids is 1. The highest BCUT2D eigenvalue weighted by molar-refractivity contribution is 5.94. The maximum atomic E-state index is 11.6. The van der Waals surface area contributed by atoms with E-state index in [1.807, 2.05) is 24.3 Å². The molecule has 0 saturated carbocycles. The molecule has 0 fully saturated rings. The third-order valence-corrected chi connectivity index (χ3v) is 3.42. The summed E-state index contributed by atoms with van der Waals surface area (Å²) in [7, 11) is 7.55. The van der Waals surface area contributed by atoms with Crippen molar-refractivity contribution in [3.63, 3.8) is 0 Å². The van der Waals surface area contributed by atoms with Gasteiger partial charge in [0.25, 0.3) is 5.91 Å². The largest absolute Gasteiger partial charge is 0.356 e. The van der Waals surface area contributed by atoms with Gasteiger partial charge in [-0.2, -0.15) is 0 Å². The molecule has 0 saturated heterocycles. The molecule has 128 valence electrons. The van der Waals surface area contributed by atoms with E-state index < -0.39 is 0 Å².